The molecular weight excluding hydrogens is 239 g/mol. The molecule has 0 saturated carbocycles. The summed E-state index contributed by atoms with van der Waals surface area (Å²) in [5.74, 6) is -0.181. The number of nitrogens with two attached hydrogens (primary N) is 1. The Hall–Kier alpha value is -0.930. The summed E-state index contributed by atoms with van der Waals surface area (Å²) in [4.78, 5) is 2.42. The predicted octanol–water partition coefficient (Wildman–Crippen LogP) is 3.34. The van der Waals surface area contributed by atoms with Gasteiger partial charge in [0, 0.05) is 18.6 Å². The van der Waals surface area contributed by atoms with E-state index in [0.717, 1.165) is 18.7 Å². The molecule has 2 rings (SSSR count). The number of benzene rings is 1. The zero-order chi connectivity index (χ0) is 14.0. The molecule has 0 aliphatic carbocycles. The van der Waals surface area contributed by atoms with Crippen molar-refractivity contribution in [2.75, 3.05) is 13.1 Å². The molecule has 2 N–H and O–H groups in total. The Labute approximate surface area is 115 Å². The first-order valence-electron chi connectivity index (χ1n) is 7.14. The summed E-state index contributed by atoms with van der Waals surface area (Å²) in [6.07, 6.45) is 2.43. The van der Waals surface area contributed by atoms with Crippen molar-refractivity contribution in [2.24, 2.45) is 11.1 Å². The highest BCUT2D eigenvalue weighted by Gasteiger charge is 2.32. The quantitative estimate of drug-likeness (QED) is 0.907. The van der Waals surface area contributed by atoms with Gasteiger partial charge in [-0.15, -0.1) is 0 Å². The maximum Gasteiger partial charge on any atom is 0.123 e. The van der Waals surface area contributed by atoms with Crippen LogP contribution in [0.5, 0.6) is 0 Å². The number of hydrogen-bond acceptors (Lipinski definition) is 2. The van der Waals surface area contributed by atoms with Gasteiger partial charge in [-0.25, -0.2) is 4.39 Å². The maximum atomic E-state index is 13.5. The molecule has 1 aliphatic rings. The van der Waals surface area contributed by atoms with Crippen LogP contribution >= 0.6 is 0 Å². The van der Waals surface area contributed by atoms with E-state index in [9.17, 15) is 4.39 Å². The van der Waals surface area contributed by atoms with Gasteiger partial charge in [0.1, 0.15) is 5.82 Å². The van der Waals surface area contributed by atoms with E-state index in [0.29, 0.717) is 5.41 Å². The van der Waals surface area contributed by atoms with Crippen molar-refractivity contribution in [1.82, 2.24) is 4.90 Å². The van der Waals surface area contributed by atoms with Crippen molar-refractivity contribution in [3.05, 3.63) is 35.6 Å². The molecule has 106 valence electrons. The molecule has 0 spiro atoms. The van der Waals surface area contributed by atoms with E-state index in [1.54, 1.807) is 12.1 Å². The van der Waals surface area contributed by atoms with Gasteiger partial charge in [-0.3, -0.25) is 4.90 Å². The fourth-order valence-corrected chi connectivity index (χ4v) is 3.24. The minimum absolute atomic E-state index is 0.00398. The Balaban J connectivity index is 2.25. The molecule has 1 aromatic carbocycles. The first-order chi connectivity index (χ1) is 8.89. The zero-order valence-corrected chi connectivity index (χ0v) is 12.2. The highest BCUT2D eigenvalue weighted by Crippen LogP contribution is 2.34. The Morgan fingerprint density at radius 1 is 1.37 bits per heavy atom. The lowest BCUT2D eigenvalue weighted by molar-refractivity contribution is 0.0687. The molecule has 1 saturated heterocycles. The Morgan fingerprint density at radius 2 is 2.11 bits per heavy atom. The lowest BCUT2D eigenvalue weighted by Gasteiger charge is -2.43. The third-order valence-electron chi connectivity index (χ3n) is 4.01. The van der Waals surface area contributed by atoms with Gasteiger partial charge in [0.25, 0.3) is 0 Å². The minimum Gasteiger partial charge on any atom is -0.326 e. The first-order valence-corrected chi connectivity index (χ1v) is 7.14. The van der Waals surface area contributed by atoms with Crippen LogP contribution in [0.4, 0.5) is 4.39 Å². The number of likely N-dealkylation sites (tertiary alicyclic amines) is 1. The average Bonchev–Trinajstić information content (AvgIpc) is 2.27. The summed E-state index contributed by atoms with van der Waals surface area (Å²) >= 11 is 0. The predicted molar refractivity (Wildman–Crippen MR) is 77.4 cm³/mol. The van der Waals surface area contributed by atoms with Crippen molar-refractivity contribution in [1.29, 1.82) is 0 Å². The van der Waals surface area contributed by atoms with Crippen molar-refractivity contribution in [2.45, 2.75) is 45.7 Å². The van der Waals surface area contributed by atoms with Crippen LogP contribution in [-0.4, -0.2) is 24.0 Å². The summed E-state index contributed by atoms with van der Waals surface area (Å²) in [6.45, 7) is 8.67. The third-order valence-corrected chi connectivity index (χ3v) is 4.01. The van der Waals surface area contributed by atoms with Gasteiger partial charge in [-0.05, 0) is 49.4 Å². The monoisotopic (exact) mass is 264 g/mol. The van der Waals surface area contributed by atoms with Crippen molar-refractivity contribution in [3.8, 4) is 0 Å². The van der Waals surface area contributed by atoms with Crippen LogP contribution in [0.25, 0.3) is 0 Å². The molecule has 19 heavy (non-hydrogen) atoms. The largest absolute Gasteiger partial charge is 0.326 e. The molecule has 2 nitrogen and oxygen atoms in total. The van der Waals surface area contributed by atoms with Crippen LogP contribution in [0.15, 0.2) is 24.3 Å². The van der Waals surface area contributed by atoms with E-state index >= 15 is 0 Å². The topological polar surface area (TPSA) is 29.3 Å². The Kier molecular flexibility index (Phi) is 4.26. The molecule has 0 radical (unpaired) electrons. The van der Waals surface area contributed by atoms with Gasteiger partial charge in [0.05, 0.1) is 0 Å². The molecule has 2 unspecified atom stereocenters. The van der Waals surface area contributed by atoms with Crippen LogP contribution in [0.2, 0.25) is 0 Å². The normalized spacial score (nSPS) is 23.0. The fourth-order valence-electron chi connectivity index (χ4n) is 3.24. The number of hydrogen-bond donors (Lipinski definition) is 1. The SMILES string of the molecule is CC(N)C(c1cccc(F)c1)N1CCCC(C)(C)C1. The van der Waals surface area contributed by atoms with E-state index in [4.69, 9.17) is 5.73 Å². The first kappa shape index (κ1) is 14.5. The fraction of sp³-hybridized carbons (Fsp3) is 0.625. The van der Waals surface area contributed by atoms with E-state index < -0.39 is 0 Å². The molecule has 1 fully saturated rings. The average molecular weight is 264 g/mol. The lowest BCUT2D eigenvalue weighted by atomic mass is 9.82. The van der Waals surface area contributed by atoms with Gasteiger partial charge < -0.3 is 5.73 Å². The minimum atomic E-state index is -0.181. The summed E-state index contributed by atoms with van der Waals surface area (Å²) in [5, 5.41) is 0. The zero-order valence-electron chi connectivity index (χ0n) is 12.2. The Morgan fingerprint density at radius 3 is 2.68 bits per heavy atom. The van der Waals surface area contributed by atoms with Gasteiger partial charge in [-0.2, -0.15) is 0 Å². The van der Waals surface area contributed by atoms with E-state index in [-0.39, 0.29) is 17.9 Å². The molecule has 1 aromatic rings. The number of rotatable bonds is 3. The summed E-state index contributed by atoms with van der Waals surface area (Å²) in [6, 6.07) is 6.97. The smallest absolute Gasteiger partial charge is 0.123 e. The van der Waals surface area contributed by atoms with Crippen molar-refractivity contribution in [3.63, 3.8) is 0 Å². The molecule has 2 atom stereocenters. The second kappa shape index (κ2) is 5.59. The number of nitrogens with zero attached hydrogens (tertiary/aromatic N) is 1. The Bertz CT molecular complexity index is 429. The van der Waals surface area contributed by atoms with Gasteiger partial charge in [-0.1, -0.05) is 26.0 Å². The van der Waals surface area contributed by atoms with Gasteiger partial charge >= 0.3 is 0 Å². The lowest BCUT2D eigenvalue weighted by Crippen LogP contribution is -2.47. The number of halogens is 1. The summed E-state index contributed by atoms with van der Waals surface area (Å²) in [5.41, 5.74) is 7.49. The van der Waals surface area contributed by atoms with E-state index in [1.165, 1.54) is 18.9 Å². The molecular formula is C16H25FN2. The van der Waals surface area contributed by atoms with Crippen LogP contribution in [0.1, 0.15) is 45.2 Å². The molecule has 1 heterocycles. The number of piperidine rings is 1. The molecule has 0 amide bonds. The maximum absolute atomic E-state index is 13.5. The van der Waals surface area contributed by atoms with Crippen molar-refractivity contribution >= 4 is 0 Å². The standard InChI is InChI=1S/C16H25FN2/c1-12(18)15(13-6-4-7-14(17)10-13)19-9-5-8-16(2,3)11-19/h4,6-7,10,12,15H,5,8-9,11,18H2,1-3H3. The molecule has 0 bridgehead atoms. The van der Waals surface area contributed by atoms with Crippen LogP contribution in [0.3, 0.4) is 0 Å². The van der Waals surface area contributed by atoms with Gasteiger partial charge in [0.15, 0.2) is 0 Å². The second-order valence-corrected chi connectivity index (χ2v) is 6.60. The molecule has 0 aromatic heterocycles. The summed E-state index contributed by atoms with van der Waals surface area (Å²) < 4.78 is 13.5. The van der Waals surface area contributed by atoms with Crippen LogP contribution in [0, 0.1) is 11.2 Å². The molecule has 1 aliphatic heterocycles. The molecule has 3 heteroatoms. The van der Waals surface area contributed by atoms with Gasteiger partial charge in [0.2, 0.25) is 0 Å². The van der Waals surface area contributed by atoms with E-state index in [2.05, 4.69) is 18.7 Å². The third kappa shape index (κ3) is 3.54. The highest BCUT2D eigenvalue weighted by atomic mass is 19.1. The van der Waals surface area contributed by atoms with Crippen LogP contribution in [-0.2, 0) is 0 Å². The summed E-state index contributed by atoms with van der Waals surface area (Å²) in [7, 11) is 0. The van der Waals surface area contributed by atoms with E-state index in [1.807, 2.05) is 13.0 Å². The second-order valence-electron chi connectivity index (χ2n) is 6.60. The highest BCUT2D eigenvalue weighted by molar-refractivity contribution is 5.22. The van der Waals surface area contributed by atoms with Crippen LogP contribution < -0.4 is 5.73 Å². The van der Waals surface area contributed by atoms with Crippen molar-refractivity contribution < 1.29 is 4.39 Å².